The Labute approximate surface area is 125 Å². The van der Waals surface area contributed by atoms with Crippen LogP contribution in [0, 0.1) is 0 Å². The van der Waals surface area contributed by atoms with Crippen LogP contribution in [0.5, 0.6) is 0 Å². The van der Waals surface area contributed by atoms with Crippen LogP contribution in [0.25, 0.3) is 0 Å². The number of unbranched alkanes of at least 4 members (excludes halogenated alkanes) is 2. The van der Waals surface area contributed by atoms with Gasteiger partial charge in [-0.2, -0.15) is 0 Å². The number of amides is 2. The van der Waals surface area contributed by atoms with Crippen LogP contribution >= 0.6 is 0 Å². The second kappa shape index (κ2) is 9.90. The van der Waals surface area contributed by atoms with Gasteiger partial charge in [-0.15, -0.1) is 0 Å². The Morgan fingerprint density at radius 3 is 2.48 bits per heavy atom. The lowest BCUT2D eigenvalue weighted by atomic mass is 10.2. The van der Waals surface area contributed by atoms with Gasteiger partial charge in [0.25, 0.3) is 11.8 Å². The minimum absolute atomic E-state index is 0.204. The Bertz CT molecular complexity index is 437. The van der Waals surface area contributed by atoms with Gasteiger partial charge in [0.05, 0.1) is 6.54 Å². The average molecular weight is 293 g/mol. The summed E-state index contributed by atoms with van der Waals surface area (Å²) in [5.74, 6) is -0.599. The van der Waals surface area contributed by atoms with Gasteiger partial charge in [0.15, 0.2) is 0 Å². The number of nitrogens with zero attached hydrogens (tertiary/aromatic N) is 1. The maximum Gasteiger partial charge on any atom is 0.269 e. The van der Waals surface area contributed by atoms with Crippen molar-refractivity contribution in [2.24, 2.45) is 0 Å². The number of hydrazine groups is 1. The third kappa shape index (κ3) is 7.43. The summed E-state index contributed by atoms with van der Waals surface area (Å²) in [4.78, 5) is 25.3. The average Bonchev–Trinajstić information content (AvgIpc) is 2.50. The maximum atomic E-state index is 11.7. The van der Waals surface area contributed by atoms with Gasteiger partial charge in [0, 0.05) is 12.2 Å². The third-order valence-corrected chi connectivity index (χ3v) is 2.96. The molecule has 0 aliphatic rings. The van der Waals surface area contributed by atoms with E-state index in [2.05, 4.69) is 10.9 Å². The molecule has 0 aliphatic heterocycles. The Balaban J connectivity index is 2.20. The minimum Gasteiger partial charge on any atom is -0.396 e. The van der Waals surface area contributed by atoms with Gasteiger partial charge >= 0.3 is 0 Å². The van der Waals surface area contributed by atoms with E-state index in [1.54, 1.807) is 24.3 Å². The molecule has 0 saturated heterocycles. The topological polar surface area (TPSA) is 81.7 Å². The molecule has 0 aliphatic carbocycles. The normalized spacial score (nSPS) is 10.4. The summed E-state index contributed by atoms with van der Waals surface area (Å²) in [6.07, 6.45) is 2.65. The van der Waals surface area contributed by atoms with Gasteiger partial charge in [0.1, 0.15) is 0 Å². The van der Waals surface area contributed by atoms with Crippen LogP contribution < -0.4 is 10.9 Å². The minimum atomic E-state index is -0.338. The standard InChI is InChI=1S/C15H23N3O3/c1-18(10-6-3-7-11-19)12-14(20)16-17-15(21)13-8-4-2-5-9-13/h2,4-5,8-9,19H,3,6-7,10-12H2,1H3,(H,16,20)(H,17,21). The second-order valence-corrected chi connectivity index (χ2v) is 4.89. The van der Waals surface area contributed by atoms with E-state index in [0.717, 1.165) is 25.8 Å². The summed E-state index contributed by atoms with van der Waals surface area (Å²) in [6.45, 7) is 1.20. The summed E-state index contributed by atoms with van der Waals surface area (Å²) >= 11 is 0. The number of aliphatic hydroxyl groups excluding tert-OH is 1. The predicted molar refractivity (Wildman–Crippen MR) is 80.5 cm³/mol. The first-order valence-electron chi connectivity index (χ1n) is 7.07. The van der Waals surface area contributed by atoms with Gasteiger partial charge in [-0.05, 0) is 45.0 Å². The first-order valence-corrected chi connectivity index (χ1v) is 7.07. The van der Waals surface area contributed by atoms with Crippen molar-refractivity contribution in [3.63, 3.8) is 0 Å². The second-order valence-electron chi connectivity index (χ2n) is 4.89. The zero-order chi connectivity index (χ0) is 15.5. The lowest BCUT2D eigenvalue weighted by Gasteiger charge is -2.16. The molecule has 116 valence electrons. The van der Waals surface area contributed by atoms with Crippen LogP contribution in [-0.4, -0.2) is 48.6 Å². The third-order valence-electron chi connectivity index (χ3n) is 2.96. The van der Waals surface area contributed by atoms with Crippen molar-refractivity contribution in [3.8, 4) is 0 Å². The van der Waals surface area contributed by atoms with Crippen LogP contribution in [0.3, 0.4) is 0 Å². The molecule has 1 aromatic rings. The predicted octanol–water partition coefficient (Wildman–Crippen LogP) is 0.542. The fraction of sp³-hybridized carbons (Fsp3) is 0.467. The van der Waals surface area contributed by atoms with E-state index < -0.39 is 0 Å². The Morgan fingerprint density at radius 1 is 1.10 bits per heavy atom. The summed E-state index contributed by atoms with van der Waals surface area (Å²) < 4.78 is 0. The molecule has 0 aromatic heterocycles. The van der Waals surface area contributed by atoms with Crippen molar-refractivity contribution in [1.82, 2.24) is 15.8 Å². The molecule has 3 N–H and O–H groups in total. The smallest absolute Gasteiger partial charge is 0.269 e. The van der Waals surface area contributed by atoms with Crippen LogP contribution in [0.15, 0.2) is 30.3 Å². The highest BCUT2D eigenvalue weighted by Crippen LogP contribution is 1.97. The van der Waals surface area contributed by atoms with Crippen molar-refractivity contribution in [2.75, 3.05) is 26.7 Å². The SMILES string of the molecule is CN(CCCCCO)CC(=O)NNC(=O)c1ccccc1. The fourth-order valence-electron chi connectivity index (χ4n) is 1.82. The molecule has 0 atom stereocenters. The van der Waals surface area contributed by atoms with E-state index in [9.17, 15) is 9.59 Å². The molecular formula is C15H23N3O3. The number of aliphatic hydroxyl groups is 1. The number of nitrogens with one attached hydrogen (secondary N) is 2. The summed E-state index contributed by atoms with van der Waals surface area (Å²) in [5.41, 5.74) is 5.27. The van der Waals surface area contributed by atoms with Crippen molar-refractivity contribution >= 4 is 11.8 Å². The highest BCUT2D eigenvalue weighted by molar-refractivity contribution is 5.95. The lowest BCUT2D eigenvalue weighted by Crippen LogP contribution is -2.45. The molecule has 0 radical (unpaired) electrons. The molecule has 1 aromatic carbocycles. The maximum absolute atomic E-state index is 11.7. The van der Waals surface area contributed by atoms with Crippen molar-refractivity contribution in [3.05, 3.63) is 35.9 Å². The molecule has 21 heavy (non-hydrogen) atoms. The number of hydrogen-bond donors (Lipinski definition) is 3. The first kappa shape index (κ1) is 17.1. The number of rotatable bonds is 8. The molecule has 0 saturated carbocycles. The van der Waals surface area contributed by atoms with Crippen molar-refractivity contribution in [2.45, 2.75) is 19.3 Å². The van der Waals surface area contributed by atoms with E-state index in [1.165, 1.54) is 0 Å². The number of likely N-dealkylation sites (N-methyl/N-ethyl adjacent to an activating group) is 1. The molecular weight excluding hydrogens is 270 g/mol. The molecule has 0 fully saturated rings. The quantitative estimate of drug-likeness (QED) is 0.483. The zero-order valence-electron chi connectivity index (χ0n) is 12.3. The Kier molecular flexibility index (Phi) is 8.08. The molecule has 6 nitrogen and oxygen atoms in total. The lowest BCUT2D eigenvalue weighted by molar-refractivity contribution is -0.122. The molecule has 6 heteroatoms. The van der Waals surface area contributed by atoms with E-state index in [-0.39, 0.29) is 25.0 Å². The Hall–Kier alpha value is -1.92. The van der Waals surface area contributed by atoms with E-state index in [4.69, 9.17) is 5.11 Å². The number of carbonyl (C=O) groups is 2. The number of benzene rings is 1. The van der Waals surface area contributed by atoms with E-state index in [0.29, 0.717) is 5.56 Å². The number of carbonyl (C=O) groups excluding carboxylic acids is 2. The largest absolute Gasteiger partial charge is 0.396 e. The first-order chi connectivity index (χ1) is 10.1. The zero-order valence-corrected chi connectivity index (χ0v) is 12.3. The summed E-state index contributed by atoms with van der Waals surface area (Å²) in [6, 6.07) is 8.69. The van der Waals surface area contributed by atoms with E-state index in [1.807, 2.05) is 18.0 Å². The van der Waals surface area contributed by atoms with Crippen molar-refractivity contribution in [1.29, 1.82) is 0 Å². The highest BCUT2D eigenvalue weighted by Gasteiger charge is 2.08. The van der Waals surface area contributed by atoms with Gasteiger partial charge in [-0.25, -0.2) is 0 Å². The van der Waals surface area contributed by atoms with Crippen LogP contribution in [0.4, 0.5) is 0 Å². The van der Waals surface area contributed by atoms with Gasteiger partial charge < -0.3 is 5.11 Å². The fourth-order valence-corrected chi connectivity index (χ4v) is 1.82. The molecule has 0 spiro atoms. The molecule has 0 unspecified atom stereocenters. The molecule has 0 heterocycles. The van der Waals surface area contributed by atoms with Gasteiger partial charge in [0.2, 0.25) is 0 Å². The molecule has 0 bridgehead atoms. The highest BCUT2D eigenvalue weighted by atomic mass is 16.3. The number of hydrogen-bond acceptors (Lipinski definition) is 4. The van der Waals surface area contributed by atoms with Crippen LogP contribution in [-0.2, 0) is 4.79 Å². The van der Waals surface area contributed by atoms with E-state index >= 15 is 0 Å². The summed E-state index contributed by atoms with van der Waals surface area (Å²) in [7, 11) is 1.84. The molecule has 2 amide bonds. The van der Waals surface area contributed by atoms with Crippen molar-refractivity contribution < 1.29 is 14.7 Å². The van der Waals surface area contributed by atoms with Gasteiger partial charge in [-0.3, -0.25) is 25.3 Å². The summed E-state index contributed by atoms with van der Waals surface area (Å²) in [5, 5.41) is 8.67. The molecule has 1 rings (SSSR count). The van der Waals surface area contributed by atoms with Gasteiger partial charge in [-0.1, -0.05) is 18.2 Å². The monoisotopic (exact) mass is 293 g/mol. The Morgan fingerprint density at radius 2 is 1.81 bits per heavy atom. The van der Waals surface area contributed by atoms with Crippen LogP contribution in [0.2, 0.25) is 0 Å². The van der Waals surface area contributed by atoms with Crippen LogP contribution in [0.1, 0.15) is 29.6 Å².